The summed E-state index contributed by atoms with van der Waals surface area (Å²) in [6, 6.07) is 11.6. The molecule has 5 nitrogen and oxygen atoms in total. The number of pyridine rings is 1. The highest BCUT2D eigenvalue weighted by Gasteiger charge is 2.30. The summed E-state index contributed by atoms with van der Waals surface area (Å²) >= 11 is 0. The Morgan fingerprint density at radius 3 is 2.46 bits per heavy atom. The van der Waals surface area contributed by atoms with Crippen molar-refractivity contribution in [2.45, 2.75) is 38.3 Å². The van der Waals surface area contributed by atoms with Crippen LogP contribution in [0, 0.1) is 0 Å². The van der Waals surface area contributed by atoms with Crippen molar-refractivity contribution < 1.29 is 9.90 Å². The van der Waals surface area contributed by atoms with Crippen LogP contribution < -0.4 is 4.90 Å². The van der Waals surface area contributed by atoms with Crippen molar-refractivity contribution in [3.8, 4) is 0 Å². The first-order chi connectivity index (χ1) is 12.7. The molecule has 0 saturated carbocycles. The molecule has 0 spiro atoms. The molecule has 1 aromatic carbocycles. The molecule has 136 valence electrons. The monoisotopic (exact) mass is 351 g/mol. The Bertz CT molecular complexity index is 769. The van der Waals surface area contributed by atoms with Crippen LogP contribution in [0.15, 0.2) is 42.6 Å². The standard InChI is InChI=1S/C21H25N3O2/c25-21(26)20(24-13-10-16-6-2-3-7-18(16)15-24)17-8-9-19(22-14-17)23-11-4-1-5-12-23/h2-3,6-9,14,20H,1,4-5,10-13,15H2,(H,25,26). The number of piperidine rings is 1. The van der Waals surface area contributed by atoms with Gasteiger partial charge in [-0.2, -0.15) is 0 Å². The largest absolute Gasteiger partial charge is 0.480 e. The third kappa shape index (κ3) is 3.44. The zero-order valence-electron chi connectivity index (χ0n) is 15.0. The predicted molar refractivity (Wildman–Crippen MR) is 101 cm³/mol. The molecule has 1 fully saturated rings. The van der Waals surface area contributed by atoms with Gasteiger partial charge in [0.15, 0.2) is 0 Å². The van der Waals surface area contributed by atoms with Gasteiger partial charge in [-0.05, 0) is 48.4 Å². The number of fused-ring (bicyclic) bond motifs is 1. The topological polar surface area (TPSA) is 56.7 Å². The fourth-order valence-electron chi connectivity index (χ4n) is 4.12. The lowest BCUT2D eigenvalue weighted by molar-refractivity contribution is -0.144. The van der Waals surface area contributed by atoms with Crippen LogP contribution in [0.25, 0.3) is 0 Å². The fourth-order valence-corrected chi connectivity index (χ4v) is 4.12. The maximum atomic E-state index is 12.0. The number of anilines is 1. The van der Waals surface area contributed by atoms with Gasteiger partial charge in [0.05, 0.1) is 0 Å². The first-order valence-electron chi connectivity index (χ1n) is 9.47. The Labute approximate surface area is 154 Å². The summed E-state index contributed by atoms with van der Waals surface area (Å²) in [5, 5.41) is 9.87. The van der Waals surface area contributed by atoms with E-state index in [1.165, 1.54) is 30.4 Å². The molecular weight excluding hydrogens is 326 g/mol. The normalized spacial score (nSPS) is 19.0. The fraction of sp³-hybridized carbons (Fsp3) is 0.429. The second kappa shape index (κ2) is 7.46. The Morgan fingerprint density at radius 1 is 1.00 bits per heavy atom. The van der Waals surface area contributed by atoms with E-state index in [-0.39, 0.29) is 0 Å². The highest BCUT2D eigenvalue weighted by atomic mass is 16.4. The number of carboxylic acids is 1. The van der Waals surface area contributed by atoms with Crippen LogP contribution in [0.2, 0.25) is 0 Å². The minimum atomic E-state index is -0.808. The van der Waals surface area contributed by atoms with Crippen LogP contribution >= 0.6 is 0 Å². The maximum absolute atomic E-state index is 12.0. The lowest BCUT2D eigenvalue weighted by Gasteiger charge is -2.33. The van der Waals surface area contributed by atoms with E-state index < -0.39 is 12.0 Å². The number of rotatable bonds is 4. The molecule has 26 heavy (non-hydrogen) atoms. The molecule has 0 aliphatic carbocycles. The number of aliphatic carboxylic acids is 1. The number of hydrogen-bond acceptors (Lipinski definition) is 4. The number of aromatic nitrogens is 1. The van der Waals surface area contributed by atoms with E-state index in [2.05, 4.69) is 22.0 Å². The zero-order valence-corrected chi connectivity index (χ0v) is 15.0. The molecule has 5 heteroatoms. The number of hydrogen-bond donors (Lipinski definition) is 1. The molecule has 0 bridgehead atoms. The Kier molecular flexibility index (Phi) is 4.89. The minimum Gasteiger partial charge on any atom is -0.480 e. The van der Waals surface area contributed by atoms with Crippen molar-refractivity contribution in [3.63, 3.8) is 0 Å². The Hall–Kier alpha value is -2.40. The van der Waals surface area contributed by atoms with Crippen molar-refractivity contribution in [2.24, 2.45) is 0 Å². The Balaban J connectivity index is 1.54. The third-order valence-electron chi connectivity index (χ3n) is 5.53. The molecule has 2 aliphatic heterocycles. The van der Waals surface area contributed by atoms with Gasteiger partial charge in [0.2, 0.25) is 0 Å². The van der Waals surface area contributed by atoms with E-state index in [1.54, 1.807) is 6.20 Å². The second-order valence-electron chi connectivity index (χ2n) is 7.23. The third-order valence-corrected chi connectivity index (χ3v) is 5.53. The van der Waals surface area contributed by atoms with Crippen LogP contribution in [0.3, 0.4) is 0 Å². The first kappa shape index (κ1) is 17.0. The van der Waals surface area contributed by atoms with Crippen molar-refractivity contribution >= 4 is 11.8 Å². The lowest BCUT2D eigenvalue weighted by atomic mass is 9.97. The summed E-state index contributed by atoms with van der Waals surface area (Å²) in [6.45, 7) is 3.50. The van der Waals surface area contributed by atoms with E-state index >= 15 is 0 Å². The molecule has 4 rings (SSSR count). The van der Waals surface area contributed by atoms with Crippen LogP contribution in [0.5, 0.6) is 0 Å². The molecular formula is C21H25N3O2. The number of carbonyl (C=O) groups is 1. The highest BCUT2D eigenvalue weighted by molar-refractivity contribution is 5.75. The lowest BCUT2D eigenvalue weighted by Crippen LogP contribution is -2.38. The molecule has 1 aromatic heterocycles. The summed E-state index contributed by atoms with van der Waals surface area (Å²) < 4.78 is 0. The molecule has 0 amide bonds. The quantitative estimate of drug-likeness (QED) is 0.916. The predicted octanol–water partition coefficient (Wildman–Crippen LogP) is 3.26. The molecule has 1 saturated heterocycles. The number of benzene rings is 1. The minimum absolute atomic E-state index is 0.647. The molecule has 0 radical (unpaired) electrons. The van der Waals surface area contributed by atoms with Crippen molar-refractivity contribution in [1.29, 1.82) is 0 Å². The van der Waals surface area contributed by atoms with Crippen LogP contribution in [0.4, 0.5) is 5.82 Å². The molecule has 1 atom stereocenters. The van der Waals surface area contributed by atoms with Gasteiger partial charge in [-0.3, -0.25) is 9.69 Å². The van der Waals surface area contributed by atoms with Gasteiger partial charge in [0, 0.05) is 32.4 Å². The van der Waals surface area contributed by atoms with Crippen LogP contribution in [-0.2, 0) is 17.8 Å². The van der Waals surface area contributed by atoms with E-state index in [0.29, 0.717) is 6.54 Å². The number of carboxylic acid groups (broad SMARTS) is 1. The molecule has 2 aliphatic rings. The van der Waals surface area contributed by atoms with Gasteiger partial charge in [0.1, 0.15) is 11.9 Å². The van der Waals surface area contributed by atoms with Gasteiger partial charge < -0.3 is 10.0 Å². The zero-order chi connectivity index (χ0) is 17.9. The van der Waals surface area contributed by atoms with Gasteiger partial charge in [-0.15, -0.1) is 0 Å². The molecule has 2 aromatic rings. The molecule has 3 heterocycles. The summed E-state index contributed by atoms with van der Waals surface area (Å²) in [5.74, 6) is 0.151. The summed E-state index contributed by atoms with van der Waals surface area (Å²) in [5.41, 5.74) is 3.31. The van der Waals surface area contributed by atoms with E-state index in [9.17, 15) is 9.90 Å². The number of nitrogens with zero attached hydrogens (tertiary/aromatic N) is 3. The molecule has 1 N–H and O–H groups in total. The van der Waals surface area contributed by atoms with Crippen molar-refractivity contribution in [3.05, 3.63) is 59.3 Å². The van der Waals surface area contributed by atoms with Gasteiger partial charge in [-0.1, -0.05) is 30.3 Å². The van der Waals surface area contributed by atoms with Crippen molar-refractivity contribution in [2.75, 3.05) is 24.5 Å². The average Bonchev–Trinajstić information content (AvgIpc) is 2.69. The second-order valence-corrected chi connectivity index (χ2v) is 7.23. The van der Waals surface area contributed by atoms with Crippen molar-refractivity contribution in [1.82, 2.24) is 9.88 Å². The van der Waals surface area contributed by atoms with Gasteiger partial charge in [-0.25, -0.2) is 4.98 Å². The van der Waals surface area contributed by atoms with Crippen LogP contribution in [0.1, 0.15) is 42.0 Å². The van der Waals surface area contributed by atoms with E-state index in [1.807, 2.05) is 29.2 Å². The van der Waals surface area contributed by atoms with E-state index in [0.717, 1.165) is 37.4 Å². The SMILES string of the molecule is O=C(O)C(c1ccc(N2CCCCC2)nc1)N1CCc2ccccc2C1. The highest BCUT2D eigenvalue weighted by Crippen LogP contribution is 2.29. The summed E-state index contributed by atoms with van der Waals surface area (Å²) in [7, 11) is 0. The van der Waals surface area contributed by atoms with E-state index in [4.69, 9.17) is 0 Å². The van der Waals surface area contributed by atoms with Gasteiger partial charge in [0.25, 0.3) is 0 Å². The first-order valence-corrected chi connectivity index (χ1v) is 9.47. The average molecular weight is 351 g/mol. The molecule has 1 unspecified atom stereocenters. The maximum Gasteiger partial charge on any atom is 0.325 e. The Morgan fingerprint density at radius 2 is 1.77 bits per heavy atom. The summed E-state index contributed by atoms with van der Waals surface area (Å²) in [4.78, 5) is 20.9. The summed E-state index contributed by atoms with van der Waals surface area (Å²) in [6.07, 6.45) is 6.33. The smallest absolute Gasteiger partial charge is 0.325 e. The van der Waals surface area contributed by atoms with Gasteiger partial charge >= 0.3 is 5.97 Å². The van der Waals surface area contributed by atoms with Crippen LogP contribution in [-0.4, -0.2) is 40.6 Å².